The zero-order chi connectivity index (χ0) is 15.1. The smallest absolute Gasteiger partial charge is 0.184 e. The van der Waals surface area contributed by atoms with Crippen LogP contribution in [0.25, 0.3) is 0 Å². The first-order chi connectivity index (χ1) is 10.0. The maximum Gasteiger partial charge on any atom is 0.184 e. The van der Waals surface area contributed by atoms with E-state index in [9.17, 15) is 0 Å². The Labute approximate surface area is 126 Å². The van der Waals surface area contributed by atoms with Gasteiger partial charge >= 0.3 is 0 Å². The second-order valence-electron chi connectivity index (χ2n) is 5.62. The molecule has 21 heavy (non-hydrogen) atoms. The molecule has 5 nitrogen and oxygen atoms in total. The van der Waals surface area contributed by atoms with E-state index in [-0.39, 0.29) is 6.10 Å². The van der Waals surface area contributed by atoms with Crippen LogP contribution in [0.3, 0.4) is 0 Å². The average molecular weight is 300 g/mol. The molecule has 110 valence electrons. The van der Waals surface area contributed by atoms with Gasteiger partial charge in [0.15, 0.2) is 14.1 Å². The van der Waals surface area contributed by atoms with Crippen LogP contribution in [-0.4, -0.2) is 36.0 Å². The van der Waals surface area contributed by atoms with E-state index in [0.29, 0.717) is 12.4 Å². The molecule has 0 saturated heterocycles. The molecule has 0 spiro atoms. The number of hydrogen-bond donors (Lipinski definition) is 0. The minimum absolute atomic E-state index is 0.0315. The Balaban J connectivity index is 2.08. The summed E-state index contributed by atoms with van der Waals surface area (Å²) >= 11 is 0. The van der Waals surface area contributed by atoms with Crippen LogP contribution in [0.2, 0.25) is 19.6 Å². The van der Waals surface area contributed by atoms with Gasteiger partial charge in [0.1, 0.15) is 12.7 Å². The Morgan fingerprint density at radius 2 is 1.81 bits per heavy atom. The summed E-state index contributed by atoms with van der Waals surface area (Å²) in [6.07, 6.45) is 4.55. The summed E-state index contributed by atoms with van der Waals surface area (Å²) in [7, 11) is -1.65. The predicted molar refractivity (Wildman–Crippen MR) is 85.9 cm³/mol. The predicted octanol–water partition coefficient (Wildman–Crippen LogP) is 2.88. The minimum atomic E-state index is -1.65. The van der Waals surface area contributed by atoms with Crippen molar-refractivity contribution >= 4 is 14.5 Å². The van der Waals surface area contributed by atoms with E-state index in [4.69, 9.17) is 4.43 Å². The van der Waals surface area contributed by atoms with Crippen LogP contribution in [0.4, 0.5) is 0 Å². The molecule has 1 aromatic carbocycles. The molecule has 0 saturated carbocycles. The second kappa shape index (κ2) is 7.19. The lowest BCUT2D eigenvalue weighted by atomic mass is 10.1. The standard InChI is InChI=1S/C15H20N4OSi/c1-21(2,3)20-14(13-7-5-4-6-8-13)9-16-10-15-18-11-17-12-19-15/h4-8,10-12,14H,9H2,1-3H3. The highest BCUT2D eigenvalue weighted by Crippen LogP contribution is 2.22. The van der Waals surface area contributed by atoms with Crippen LogP contribution in [0, 0.1) is 0 Å². The van der Waals surface area contributed by atoms with Crippen molar-refractivity contribution in [3.05, 3.63) is 54.4 Å². The minimum Gasteiger partial charge on any atom is -0.409 e. The molecule has 2 aromatic rings. The van der Waals surface area contributed by atoms with E-state index in [2.05, 4.69) is 51.7 Å². The molecule has 0 amide bonds. The van der Waals surface area contributed by atoms with Gasteiger partial charge in [-0.25, -0.2) is 15.0 Å². The molecule has 6 heteroatoms. The van der Waals surface area contributed by atoms with E-state index in [1.165, 1.54) is 12.7 Å². The molecule has 1 heterocycles. The molecular weight excluding hydrogens is 280 g/mol. The topological polar surface area (TPSA) is 60.3 Å². The normalized spacial score (nSPS) is 13.5. The third kappa shape index (κ3) is 5.53. The molecule has 0 radical (unpaired) electrons. The van der Waals surface area contributed by atoms with Crippen molar-refractivity contribution in [3.63, 3.8) is 0 Å². The van der Waals surface area contributed by atoms with Crippen LogP contribution in [0.5, 0.6) is 0 Å². The zero-order valence-corrected chi connectivity index (χ0v) is 13.6. The van der Waals surface area contributed by atoms with Crippen LogP contribution in [0.1, 0.15) is 17.5 Å². The Kier molecular flexibility index (Phi) is 5.30. The van der Waals surface area contributed by atoms with Crippen molar-refractivity contribution in [2.24, 2.45) is 4.99 Å². The van der Waals surface area contributed by atoms with Crippen molar-refractivity contribution in [3.8, 4) is 0 Å². The van der Waals surface area contributed by atoms with Gasteiger partial charge in [-0.15, -0.1) is 0 Å². The highest BCUT2D eigenvalue weighted by Gasteiger charge is 2.21. The number of aromatic nitrogens is 3. The molecule has 1 atom stereocenters. The molecule has 0 aliphatic carbocycles. The van der Waals surface area contributed by atoms with E-state index < -0.39 is 8.32 Å². The quantitative estimate of drug-likeness (QED) is 0.608. The van der Waals surface area contributed by atoms with Gasteiger partial charge < -0.3 is 4.43 Å². The number of aliphatic imine (C=N–C) groups is 1. The molecule has 0 aliphatic heterocycles. The first-order valence-electron chi connectivity index (χ1n) is 6.89. The van der Waals surface area contributed by atoms with Gasteiger partial charge in [-0.05, 0) is 25.2 Å². The Hall–Kier alpha value is -1.92. The third-order valence-corrected chi connectivity index (χ3v) is 3.65. The average Bonchev–Trinajstić information content (AvgIpc) is 2.47. The first-order valence-corrected chi connectivity index (χ1v) is 10.3. The van der Waals surface area contributed by atoms with Crippen molar-refractivity contribution < 1.29 is 4.43 Å². The number of hydrogen-bond acceptors (Lipinski definition) is 5. The van der Waals surface area contributed by atoms with Crippen LogP contribution in [0.15, 0.2) is 48.0 Å². The molecule has 2 rings (SSSR count). The van der Waals surface area contributed by atoms with Crippen LogP contribution in [-0.2, 0) is 4.43 Å². The largest absolute Gasteiger partial charge is 0.409 e. The zero-order valence-electron chi connectivity index (χ0n) is 12.6. The lowest BCUT2D eigenvalue weighted by Gasteiger charge is -2.25. The van der Waals surface area contributed by atoms with E-state index in [1.54, 1.807) is 6.21 Å². The van der Waals surface area contributed by atoms with Gasteiger partial charge in [-0.2, -0.15) is 0 Å². The molecule has 0 N–H and O–H groups in total. The fraction of sp³-hybridized carbons (Fsp3) is 0.333. The molecule has 0 bridgehead atoms. The maximum absolute atomic E-state index is 6.23. The maximum atomic E-state index is 6.23. The van der Waals surface area contributed by atoms with Gasteiger partial charge in [-0.3, -0.25) is 4.99 Å². The number of rotatable bonds is 6. The number of nitrogens with zero attached hydrogens (tertiary/aromatic N) is 4. The van der Waals surface area contributed by atoms with E-state index in [0.717, 1.165) is 5.56 Å². The van der Waals surface area contributed by atoms with E-state index in [1.807, 2.05) is 18.2 Å². The lowest BCUT2D eigenvalue weighted by Crippen LogP contribution is -2.29. The fourth-order valence-electron chi connectivity index (χ4n) is 1.85. The summed E-state index contributed by atoms with van der Waals surface area (Å²) < 4.78 is 6.23. The SMILES string of the molecule is C[Si](C)(C)OC(CN=Cc1ncncn1)c1ccccc1. The Morgan fingerprint density at radius 1 is 1.14 bits per heavy atom. The van der Waals surface area contributed by atoms with Gasteiger partial charge in [-0.1, -0.05) is 30.3 Å². The van der Waals surface area contributed by atoms with Crippen molar-refractivity contribution in [2.75, 3.05) is 6.54 Å². The van der Waals surface area contributed by atoms with Crippen LogP contribution < -0.4 is 0 Å². The summed E-state index contributed by atoms with van der Waals surface area (Å²) in [6.45, 7) is 7.09. The van der Waals surface area contributed by atoms with Crippen molar-refractivity contribution in [1.29, 1.82) is 0 Å². The Bertz CT molecular complexity index is 569. The molecular formula is C15H20N4OSi. The lowest BCUT2D eigenvalue weighted by molar-refractivity contribution is 0.207. The Morgan fingerprint density at radius 3 is 2.43 bits per heavy atom. The molecule has 1 unspecified atom stereocenters. The van der Waals surface area contributed by atoms with Crippen molar-refractivity contribution in [1.82, 2.24) is 15.0 Å². The van der Waals surface area contributed by atoms with Gasteiger partial charge in [0.2, 0.25) is 0 Å². The van der Waals surface area contributed by atoms with E-state index >= 15 is 0 Å². The molecule has 1 aromatic heterocycles. The third-order valence-electron chi connectivity index (χ3n) is 2.66. The molecule has 0 aliphatic rings. The monoisotopic (exact) mass is 300 g/mol. The highest BCUT2D eigenvalue weighted by atomic mass is 28.4. The summed E-state index contributed by atoms with van der Waals surface area (Å²) in [5.74, 6) is 0.560. The van der Waals surface area contributed by atoms with Gasteiger partial charge in [0.25, 0.3) is 0 Å². The first kappa shape index (κ1) is 15.5. The summed E-state index contributed by atoms with van der Waals surface area (Å²) in [4.78, 5) is 16.2. The molecule has 0 fully saturated rings. The second-order valence-corrected chi connectivity index (χ2v) is 10.1. The van der Waals surface area contributed by atoms with Gasteiger partial charge in [0, 0.05) is 0 Å². The highest BCUT2D eigenvalue weighted by molar-refractivity contribution is 6.69. The summed E-state index contributed by atoms with van der Waals surface area (Å²) in [6, 6.07) is 10.2. The fourth-order valence-corrected chi connectivity index (χ4v) is 2.91. The van der Waals surface area contributed by atoms with Gasteiger partial charge in [0.05, 0.1) is 18.9 Å². The summed E-state index contributed by atoms with van der Waals surface area (Å²) in [5, 5.41) is 0. The van der Waals surface area contributed by atoms with Crippen LogP contribution >= 0.6 is 0 Å². The number of benzene rings is 1. The van der Waals surface area contributed by atoms with Crippen molar-refractivity contribution in [2.45, 2.75) is 25.7 Å². The summed E-state index contributed by atoms with van der Waals surface area (Å²) in [5.41, 5.74) is 1.15.